The average Bonchev–Trinajstić information content (AvgIpc) is 2.61. The van der Waals surface area contributed by atoms with Crippen LogP contribution in [0.25, 0.3) is 0 Å². The zero-order valence-corrected chi connectivity index (χ0v) is 8.93. The zero-order chi connectivity index (χ0) is 12.1. The molecule has 0 aromatic heterocycles. The molecule has 1 saturated heterocycles. The third kappa shape index (κ3) is 3.04. The van der Waals surface area contributed by atoms with E-state index in [0.717, 1.165) is 0 Å². The van der Waals surface area contributed by atoms with Crippen molar-refractivity contribution in [2.75, 3.05) is 19.6 Å². The van der Waals surface area contributed by atoms with Gasteiger partial charge in [0.1, 0.15) is 6.04 Å². The molecule has 6 nitrogen and oxygen atoms in total. The molecule has 0 aromatic rings. The zero-order valence-electron chi connectivity index (χ0n) is 8.93. The number of carboxylic acid groups (broad SMARTS) is 1. The van der Waals surface area contributed by atoms with Gasteiger partial charge in [0, 0.05) is 19.5 Å². The second kappa shape index (κ2) is 5.62. The largest absolute Gasteiger partial charge is 0.480 e. The summed E-state index contributed by atoms with van der Waals surface area (Å²) < 4.78 is 0. The summed E-state index contributed by atoms with van der Waals surface area (Å²) in [7, 11) is 0. The topological polar surface area (TPSA) is 89.9 Å². The fourth-order valence-electron chi connectivity index (χ4n) is 1.71. The summed E-state index contributed by atoms with van der Waals surface area (Å²) in [5, 5.41) is 21.0. The number of rotatable bonds is 5. The van der Waals surface area contributed by atoms with Gasteiger partial charge in [-0.1, -0.05) is 6.08 Å². The Morgan fingerprint density at radius 1 is 1.56 bits per heavy atom. The third-order valence-corrected chi connectivity index (χ3v) is 2.45. The van der Waals surface area contributed by atoms with Crippen LogP contribution >= 0.6 is 0 Å². The number of aliphatic carboxylic acids is 1. The molecule has 1 amide bonds. The van der Waals surface area contributed by atoms with Crippen LogP contribution in [0.2, 0.25) is 0 Å². The van der Waals surface area contributed by atoms with Crippen LogP contribution in [-0.4, -0.2) is 58.8 Å². The fourth-order valence-corrected chi connectivity index (χ4v) is 1.71. The number of nitrogens with zero attached hydrogens (tertiary/aromatic N) is 1. The minimum Gasteiger partial charge on any atom is -0.480 e. The van der Waals surface area contributed by atoms with Gasteiger partial charge in [-0.3, -0.25) is 4.79 Å². The van der Waals surface area contributed by atoms with Crippen LogP contribution in [0.5, 0.6) is 0 Å². The highest BCUT2D eigenvalue weighted by atomic mass is 16.4. The van der Waals surface area contributed by atoms with E-state index in [1.807, 2.05) is 0 Å². The van der Waals surface area contributed by atoms with Gasteiger partial charge in [0.15, 0.2) is 0 Å². The number of aliphatic hydroxyl groups is 1. The highest BCUT2D eigenvalue weighted by Crippen LogP contribution is 2.17. The number of β-amino-alcohol motifs (C(OH)–C–C–N with tert-alkyl or cyclic N) is 1. The van der Waals surface area contributed by atoms with Crippen molar-refractivity contribution < 1.29 is 19.8 Å². The molecular formula is C10H16N2O4. The van der Waals surface area contributed by atoms with E-state index in [-0.39, 0.29) is 25.4 Å². The molecule has 1 heterocycles. The van der Waals surface area contributed by atoms with Gasteiger partial charge in [-0.05, 0) is 0 Å². The molecular weight excluding hydrogens is 212 g/mol. The molecule has 1 rings (SSSR count). The maximum atomic E-state index is 11.6. The van der Waals surface area contributed by atoms with Crippen LogP contribution in [0.15, 0.2) is 12.7 Å². The van der Waals surface area contributed by atoms with Crippen molar-refractivity contribution in [3.63, 3.8) is 0 Å². The number of aliphatic hydroxyl groups excluding tert-OH is 1. The van der Waals surface area contributed by atoms with E-state index in [1.165, 1.54) is 4.90 Å². The molecule has 16 heavy (non-hydrogen) atoms. The predicted molar refractivity (Wildman–Crippen MR) is 56.8 cm³/mol. The van der Waals surface area contributed by atoms with Gasteiger partial charge in [0.25, 0.3) is 0 Å². The van der Waals surface area contributed by atoms with E-state index in [0.29, 0.717) is 6.54 Å². The van der Waals surface area contributed by atoms with Crippen molar-refractivity contribution in [3.8, 4) is 0 Å². The second-order valence-corrected chi connectivity index (χ2v) is 3.71. The minimum absolute atomic E-state index is 0.0581. The number of carboxylic acids is 1. The van der Waals surface area contributed by atoms with E-state index in [9.17, 15) is 14.7 Å². The smallest absolute Gasteiger partial charge is 0.326 e. The maximum absolute atomic E-state index is 11.6. The molecule has 1 fully saturated rings. The summed E-state index contributed by atoms with van der Waals surface area (Å²) in [6, 6.07) is -0.909. The number of hydrogen-bond acceptors (Lipinski definition) is 4. The molecule has 0 aliphatic carbocycles. The van der Waals surface area contributed by atoms with Crippen molar-refractivity contribution in [3.05, 3.63) is 12.7 Å². The lowest BCUT2D eigenvalue weighted by molar-refractivity contribution is -0.147. The molecule has 0 unspecified atom stereocenters. The van der Waals surface area contributed by atoms with Gasteiger partial charge in [-0.2, -0.15) is 0 Å². The summed E-state index contributed by atoms with van der Waals surface area (Å²) in [5.41, 5.74) is 0. The summed E-state index contributed by atoms with van der Waals surface area (Å²) in [6.07, 6.45) is 0.966. The Balaban J connectivity index is 2.53. The van der Waals surface area contributed by atoms with Crippen LogP contribution in [0.1, 0.15) is 6.42 Å². The number of hydrogen-bond donors (Lipinski definition) is 3. The Bertz CT molecular complexity index is 293. The van der Waals surface area contributed by atoms with Gasteiger partial charge in [0.2, 0.25) is 5.91 Å². The Labute approximate surface area is 93.5 Å². The molecule has 0 spiro atoms. The van der Waals surface area contributed by atoms with Crippen molar-refractivity contribution in [2.45, 2.75) is 18.6 Å². The molecule has 0 radical (unpaired) electrons. The van der Waals surface area contributed by atoms with Crippen molar-refractivity contribution in [1.29, 1.82) is 0 Å². The Kier molecular flexibility index (Phi) is 4.45. The van der Waals surface area contributed by atoms with Crippen LogP contribution in [0.4, 0.5) is 0 Å². The van der Waals surface area contributed by atoms with Gasteiger partial charge in [-0.15, -0.1) is 6.58 Å². The van der Waals surface area contributed by atoms with E-state index in [2.05, 4.69) is 11.9 Å². The molecule has 3 N–H and O–H groups in total. The van der Waals surface area contributed by atoms with Gasteiger partial charge in [-0.25, -0.2) is 4.79 Å². The lowest BCUT2D eigenvalue weighted by Crippen LogP contribution is -2.44. The highest BCUT2D eigenvalue weighted by Gasteiger charge is 2.38. The van der Waals surface area contributed by atoms with E-state index in [1.54, 1.807) is 6.08 Å². The van der Waals surface area contributed by atoms with Crippen molar-refractivity contribution in [1.82, 2.24) is 10.2 Å². The second-order valence-electron chi connectivity index (χ2n) is 3.71. The summed E-state index contributed by atoms with van der Waals surface area (Å²) >= 11 is 0. The Morgan fingerprint density at radius 3 is 2.81 bits per heavy atom. The fraction of sp³-hybridized carbons (Fsp3) is 0.600. The first-order valence-electron chi connectivity index (χ1n) is 5.08. The monoisotopic (exact) mass is 228 g/mol. The summed E-state index contributed by atoms with van der Waals surface area (Å²) in [5.74, 6) is -1.39. The summed E-state index contributed by atoms with van der Waals surface area (Å²) in [6.45, 7) is 4.12. The standard InChI is InChI=1S/C10H16N2O4/c1-2-3-11-5-9(14)12-6-7(13)4-8(12)10(15)16/h2,7-8,11,13H,1,3-6H2,(H,15,16)/t7-,8-/m0/s1. The van der Waals surface area contributed by atoms with Crippen molar-refractivity contribution >= 4 is 11.9 Å². The van der Waals surface area contributed by atoms with E-state index < -0.39 is 18.1 Å². The summed E-state index contributed by atoms with van der Waals surface area (Å²) in [4.78, 5) is 23.7. The van der Waals surface area contributed by atoms with Gasteiger partial charge in [0.05, 0.1) is 12.6 Å². The Hall–Kier alpha value is -1.40. The molecule has 0 saturated carbocycles. The van der Waals surface area contributed by atoms with Crippen LogP contribution in [0.3, 0.4) is 0 Å². The molecule has 1 aliphatic heterocycles. The molecule has 0 bridgehead atoms. The number of carbonyl (C=O) groups is 2. The number of likely N-dealkylation sites (tertiary alicyclic amines) is 1. The normalized spacial score (nSPS) is 24.4. The van der Waals surface area contributed by atoms with Gasteiger partial charge < -0.3 is 20.4 Å². The van der Waals surface area contributed by atoms with E-state index in [4.69, 9.17) is 5.11 Å². The highest BCUT2D eigenvalue weighted by molar-refractivity contribution is 5.85. The predicted octanol–water partition coefficient (Wildman–Crippen LogP) is -1.19. The lowest BCUT2D eigenvalue weighted by atomic mass is 10.2. The Morgan fingerprint density at radius 2 is 2.25 bits per heavy atom. The first kappa shape index (κ1) is 12.7. The van der Waals surface area contributed by atoms with Crippen molar-refractivity contribution in [2.24, 2.45) is 0 Å². The maximum Gasteiger partial charge on any atom is 0.326 e. The van der Waals surface area contributed by atoms with Crippen LogP contribution < -0.4 is 5.32 Å². The molecule has 1 aliphatic rings. The lowest BCUT2D eigenvalue weighted by Gasteiger charge is -2.21. The molecule has 6 heteroatoms. The molecule has 2 atom stereocenters. The quantitative estimate of drug-likeness (QED) is 0.406. The number of nitrogens with one attached hydrogen (secondary N) is 1. The third-order valence-electron chi connectivity index (χ3n) is 2.45. The van der Waals surface area contributed by atoms with Crippen LogP contribution in [0, 0.1) is 0 Å². The first-order valence-corrected chi connectivity index (χ1v) is 5.08. The first-order chi connectivity index (χ1) is 7.56. The number of amides is 1. The molecule has 0 aromatic carbocycles. The van der Waals surface area contributed by atoms with E-state index >= 15 is 0 Å². The average molecular weight is 228 g/mol. The number of carbonyl (C=O) groups excluding carboxylic acids is 1. The molecule has 90 valence electrons. The van der Waals surface area contributed by atoms with Gasteiger partial charge >= 0.3 is 5.97 Å². The SMILES string of the molecule is C=CCNCC(=O)N1C[C@@H](O)C[C@H]1C(=O)O. The van der Waals surface area contributed by atoms with Crippen LogP contribution in [-0.2, 0) is 9.59 Å². The minimum atomic E-state index is -1.08.